The molecule has 3 rings (SSSR count). The molecule has 2 fully saturated rings. The van der Waals surface area contributed by atoms with Crippen LogP contribution in [0.1, 0.15) is 30.6 Å². The number of carbonyl (C=O) groups is 1. The van der Waals surface area contributed by atoms with E-state index < -0.39 is 42.5 Å². The molecular weight excluding hydrogens is 316 g/mol. The van der Waals surface area contributed by atoms with Crippen molar-refractivity contribution in [3.05, 3.63) is 35.9 Å². The predicted octanol–water partition coefficient (Wildman–Crippen LogP) is 0.833. The molecule has 2 N–H and O–H groups in total. The molecule has 7 heteroatoms. The van der Waals surface area contributed by atoms with E-state index in [4.69, 9.17) is 18.9 Å². The summed E-state index contributed by atoms with van der Waals surface area (Å²) in [6.45, 7) is 3.01. The Kier molecular flexibility index (Phi) is 4.63. The van der Waals surface area contributed by atoms with Crippen molar-refractivity contribution in [2.24, 2.45) is 0 Å². The number of esters is 1. The minimum atomic E-state index is -1.27. The number of rotatable bonds is 5. The van der Waals surface area contributed by atoms with E-state index in [2.05, 4.69) is 0 Å². The average Bonchev–Trinajstić information content (AvgIpc) is 2.99. The third kappa shape index (κ3) is 3.18. The van der Waals surface area contributed by atoms with Gasteiger partial charge in [0.25, 0.3) is 0 Å². The van der Waals surface area contributed by atoms with Gasteiger partial charge in [-0.2, -0.15) is 0 Å². The Morgan fingerprint density at radius 2 is 1.92 bits per heavy atom. The van der Waals surface area contributed by atoms with Gasteiger partial charge in [0.1, 0.15) is 17.8 Å². The quantitative estimate of drug-likeness (QED) is 0.768. The van der Waals surface area contributed by atoms with Crippen LogP contribution in [0.2, 0.25) is 0 Å². The molecule has 24 heavy (non-hydrogen) atoms. The number of carbonyl (C=O) groups excluding carboxylic acids is 1. The van der Waals surface area contributed by atoms with Gasteiger partial charge in [-0.3, -0.25) is 0 Å². The highest BCUT2D eigenvalue weighted by Gasteiger charge is 2.61. The SMILES string of the molecule is CC1(C)O[C@H]2O[C@@](CO)(CCOC(=O)c3ccccc3)[C@H](O)[C@H]2O1. The monoisotopic (exact) mass is 338 g/mol. The summed E-state index contributed by atoms with van der Waals surface area (Å²) < 4.78 is 22.1. The summed E-state index contributed by atoms with van der Waals surface area (Å²) in [5.74, 6) is -1.32. The lowest BCUT2D eigenvalue weighted by molar-refractivity contribution is -0.248. The van der Waals surface area contributed by atoms with Crippen LogP contribution in [0.3, 0.4) is 0 Å². The largest absolute Gasteiger partial charge is 0.462 e. The third-order valence-corrected chi connectivity index (χ3v) is 4.32. The number of benzene rings is 1. The normalized spacial score (nSPS) is 34.1. The molecule has 0 bridgehead atoms. The molecule has 2 aliphatic heterocycles. The van der Waals surface area contributed by atoms with Gasteiger partial charge in [0.05, 0.1) is 18.8 Å². The van der Waals surface area contributed by atoms with Gasteiger partial charge in [-0.1, -0.05) is 18.2 Å². The van der Waals surface area contributed by atoms with Crippen molar-refractivity contribution in [2.75, 3.05) is 13.2 Å². The second-order valence-corrected chi connectivity index (χ2v) is 6.51. The minimum absolute atomic E-state index is 0.00577. The molecule has 7 nitrogen and oxygen atoms in total. The Bertz CT molecular complexity index is 588. The van der Waals surface area contributed by atoms with Gasteiger partial charge in [0.2, 0.25) is 0 Å². The molecule has 0 unspecified atom stereocenters. The zero-order valence-electron chi connectivity index (χ0n) is 13.7. The lowest BCUT2D eigenvalue weighted by Gasteiger charge is -2.32. The maximum absolute atomic E-state index is 11.9. The van der Waals surface area contributed by atoms with Crippen LogP contribution in [0.5, 0.6) is 0 Å². The molecule has 0 aromatic heterocycles. The maximum atomic E-state index is 11.9. The van der Waals surface area contributed by atoms with Crippen LogP contribution in [-0.4, -0.2) is 59.3 Å². The van der Waals surface area contributed by atoms with Gasteiger partial charge < -0.3 is 29.2 Å². The molecule has 4 atom stereocenters. The van der Waals surface area contributed by atoms with Gasteiger partial charge in [0, 0.05) is 6.42 Å². The summed E-state index contributed by atoms with van der Waals surface area (Å²) in [6, 6.07) is 8.60. The second kappa shape index (κ2) is 6.42. The molecule has 1 aromatic rings. The average molecular weight is 338 g/mol. The van der Waals surface area contributed by atoms with E-state index in [1.54, 1.807) is 44.2 Å². The summed E-state index contributed by atoms with van der Waals surface area (Å²) in [7, 11) is 0. The number of hydrogen-bond acceptors (Lipinski definition) is 7. The third-order valence-electron chi connectivity index (χ3n) is 4.32. The van der Waals surface area contributed by atoms with E-state index in [0.29, 0.717) is 5.56 Å². The molecular formula is C17H22O7. The van der Waals surface area contributed by atoms with E-state index in [9.17, 15) is 15.0 Å². The van der Waals surface area contributed by atoms with Crippen LogP contribution in [0, 0.1) is 0 Å². The molecule has 2 heterocycles. The lowest BCUT2D eigenvalue weighted by Crippen LogP contribution is -2.48. The molecule has 0 spiro atoms. The zero-order valence-corrected chi connectivity index (χ0v) is 13.7. The van der Waals surface area contributed by atoms with E-state index in [1.165, 1.54) is 0 Å². The Morgan fingerprint density at radius 1 is 1.21 bits per heavy atom. The van der Waals surface area contributed by atoms with Crippen LogP contribution >= 0.6 is 0 Å². The number of ether oxygens (including phenoxy) is 4. The molecule has 1 aromatic carbocycles. The number of hydrogen-bond donors (Lipinski definition) is 2. The van der Waals surface area contributed by atoms with Gasteiger partial charge >= 0.3 is 5.97 Å². The van der Waals surface area contributed by atoms with E-state index >= 15 is 0 Å². The van der Waals surface area contributed by atoms with Crippen molar-refractivity contribution in [2.45, 2.75) is 50.2 Å². The van der Waals surface area contributed by atoms with Gasteiger partial charge in [-0.05, 0) is 26.0 Å². The van der Waals surface area contributed by atoms with E-state index in [-0.39, 0.29) is 13.0 Å². The Balaban J connectivity index is 1.59. The van der Waals surface area contributed by atoms with Crippen LogP contribution in [0.4, 0.5) is 0 Å². The first kappa shape index (κ1) is 17.3. The smallest absolute Gasteiger partial charge is 0.338 e. The van der Waals surface area contributed by atoms with Crippen molar-refractivity contribution in [1.29, 1.82) is 0 Å². The summed E-state index contributed by atoms with van der Waals surface area (Å²) in [4.78, 5) is 11.9. The molecule has 0 amide bonds. The van der Waals surface area contributed by atoms with Crippen LogP contribution in [0.15, 0.2) is 30.3 Å². The molecule has 2 aliphatic rings. The summed E-state index contributed by atoms with van der Waals surface area (Å²) in [5, 5.41) is 20.2. The Labute approximate surface area is 140 Å². The molecule has 0 saturated carbocycles. The first-order valence-corrected chi connectivity index (χ1v) is 7.91. The standard InChI is InChI=1S/C17H22O7/c1-16(2)22-12-13(19)17(10-18,24-15(12)23-16)8-9-21-14(20)11-6-4-3-5-7-11/h3-7,12-13,15,18-19H,8-10H2,1-2H3/t12-,13-,15+,17-/m1/s1. The first-order chi connectivity index (χ1) is 11.4. The Hall–Kier alpha value is -1.51. The van der Waals surface area contributed by atoms with E-state index in [0.717, 1.165) is 0 Å². The Morgan fingerprint density at radius 3 is 2.54 bits per heavy atom. The number of aliphatic hydroxyl groups excluding tert-OH is 2. The fourth-order valence-electron chi connectivity index (χ4n) is 3.05. The van der Waals surface area contributed by atoms with Crippen LogP contribution in [-0.2, 0) is 18.9 Å². The van der Waals surface area contributed by atoms with Crippen LogP contribution < -0.4 is 0 Å². The van der Waals surface area contributed by atoms with Gasteiger partial charge in [-0.15, -0.1) is 0 Å². The molecule has 2 saturated heterocycles. The van der Waals surface area contributed by atoms with Crippen molar-refractivity contribution in [1.82, 2.24) is 0 Å². The summed E-state index contributed by atoms with van der Waals surface area (Å²) in [5.41, 5.74) is -0.836. The van der Waals surface area contributed by atoms with Crippen molar-refractivity contribution in [3.63, 3.8) is 0 Å². The molecule has 0 radical (unpaired) electrons. The minimum Gasteiger partial charge on any atom is -0.462 e. The van der Waals surface area contributed by atoms with E-state index in [1.807, 2.05) is 0 Å². The summed E-state index contributed by atoms with van der Waals surface area (Å²) >= 11 is 0. The fourth-order valence-corrected chi connectivity index (χ4v) is 3.05. The first-order valence-electron chi connectivity index (χ1n) is 7.91. The van der Waals surface area contributed by atoms with Gasteiger partial charge in [0.15, 0.2) is 12.1 Å². The highest BCUT2D eigenvalue weighted by Crippen LogP contribution is 2.43. The van der Waals surface area contributed by atoms with Crippen LogP contribution in [0.25, 0.3) is 0 Å². The number of fused-ring (bicyclic) bond motifs is 1. The second-order valence-electron chi connectivity index (χ2n) is 6.51. The predicted molar refractivity (Wildman–Crippen MR) is 82.1 cm³/mol. The highest BCUT2D eigenvalue weighted by atomic mass is 16.8. The maximum Gasteiger partial charge on any atom is 0.338 e. The zero-order chi connectivity index (χ0) is 17.4. The lowest BCUT2D eigenvalue weighted by atomic mass is 9.93. The van der Waals surface area contributed by atoms with Gasteiger partial charge in [-0.25, -0.2) is 4.79 Å². The van der Waals surface area contributed by atoms with Crippen molar-refractivity contribution in [3.8, 4) is 0 Å². The van der Waals surface area contributed by atoms with Crippen molar-refractivity contribution >= 4 is 5.97 Å². The molecule has 0 aliphatic carbocycles. The fraction of sp³-hybridized carbons (Fsp3) is 0.588. The highest BCUT2D eigenvalue weighted by molar-refractivity contribution is 5.89. The summed E-state index contributed by atoms with van der Waals surface area (Å²) in [6.07, 6.45) is -2.39. The van der Waals surface area contributed by atoms with Crippen molar-refractivity contribution < 1.29 is 34.0 Å². The molecule has 132 valence electrons. The topological polar surface area (TPSA) is 94.5 Å². The number of aliphatic hydroxyl groups is 2.